The van der Waals surface area contributed by atoms with Crippen LogP contribution in [0.2, 0.25) is 0 Å². The van der Waals surface area contributed by atoms with Gasteiger partial charge < -0.3 is 11.5 Å². The average Bonchev–Trinajstić information content (AvgIpc) is 3.54. The van der Waals surface area contributed by atoms with Crippen LogP contribution in [0.3, 0.4) is 0 Å². The quantitative estimate of drug-likeness (QED) is 0.326. The molecule has 10 nitrogen and oxygen atoms in total. The van der Waals surface area contributed by atoms with Crippen molar-refractivity contribution < 1.29 is 9.18 Å². The molecule has 6 rings (SSSR count). The number of nitrogens with zero attached hydrogens (tertiary/aromatic N) is 6. The van der Waals surface area contributed by atoms with Gasteiger partial charge in [-0.05, 0) is 54.3 Å². The van der Waals surface area contributed by atoms with Gasteiger partial charge in [-0.15, -0.1) is 5.10 Å². The van der Waals surface area contributed by atoms with Crippen LogP contribution in [0.5, 0.6) is 0 Å². The Balaban J connectivity index is 0.000000216. The summed E-state index contributed by atoms with van der Waals surface area (Å²) < 4.78 is 18.1. The first-order valence-electron chi connectivity index (χ1n) is 12.6. The van der Waals surface area contributed by atoms with E-state index in [-0.39, 0.29) is 22.8 Å². The summed E-state index contributed by atoms with van der Waals surface area (Å²) in [6, 6.07) is 15.3. The summed E-state index contributed by atoms with van der Waals surface area (Å²) in [5.41, 5.74) is 13.9. The third-order valence-corrected chi connectivity index (χ3v) is 6.29. The second-order valence-corrected chi connectivity index (χ2v) is 9.04. The third-order valence-electron chi connectivity index (χ3n) is 6.29. The van der Waals surface area contributed by atoms with Gasteiger partial charge in [-0.2, -0.15) is 5.10 Å². The van der Waals surface area contributed by atoms with E-state index in [1.165, 1.54) is 16.6 Å². The highest BCUT2D eigenvalue weighted by Crippen LogP contribution is 2.20. The molecule has 4 aromatic heterocycles. The van der Waals surface area contributed by atoms with Gasteiger partial charge in [-0.25, -0.2) is 13.9 Å². The second kappa shape index (κ2) is 11.2. The molecule has 0 aliphatic carbocycles. The van der Waals surface area contributed by atoms with Gasteiger partial charge in [-0.1, -0.05) is 30.9 Å². The first kappa shape index (κ1) is 26.8. The first-order chi connectivity index (χ1) is 19.8. The number of nitrogen functional groups attached to an aromatic ring is 1. The molecule has 4 N–H and O–H groups in total. The fourth-order valence-corrected chi connectivity index (χ4v) is 4.42. The molecule has 11 heteroatoms. The summed E-state index contributed by atoms with van der Waals surface area (Å²) in [5, 5.41) is 9.38. The van der Waals surface area contributed by atoms with E-state index < -0.39 is 5.91 Å². The number of aryl methyl sites for hydroxylation is 2. The van der Waals surface area contributed by atoms with Crippen LogP contribution in [0, 0.1) is 17.7 Å². The van der Waals surface area contributed by atoms with Gasteiger partial charge in [0, 0.05) is 42.6 Å². The zero-order chi connectivity index (χ0) is 29.1. The number of hydrogen-bond donors (Lipinski definition) is 2. The molecule has 0 bridgehead atoms. The molecule has 0 saturated carbocycles. The maximum absolute atomic E-state index is 13.4. The summed E-state index contributed by atoms with van der Waals surface area (Å²) in [6.07, 6.45) is 7.37. The minimum absolute atomic E-state index is 0.103. The predicted octanol–water partition coefficient (Wildman–Crippen LogP) is 3.24. The highest BCUT2D eigenvalue weighted by Gasteiger charge is 2.15. The maximum atomic E-state index is 13.4. The standard InChI is InChI=1S/C23H18FN3O.C7H7N5O/c1-3-20-13-18-6-4-5-17(8-7-16-14-25-26(2)15-16)22(18)23(28)27(20)21-11-9-19(24)10-12-21;8-5-4(6(9)13)7-10-2-1-3-12(7)11-5/h4-6,9-15H,3H2,1-2H3;1-3H,(H2,8,11)(H2,9,13). The average molecular weight is 549 g/mol. The van der Waals surface area contributed by atoms with Crippen molar-refractivity contribution in [3.63, 3.8) is 0 Å². The monoisotopic (exact) mass is 548 g/mol. The number of carbonyl (C=O) groups is 1. The molecule has 0 aliphatic heterocycles. The van der Waals surface area contributed by atoms with Gasteiger partial charge in [-0.3, -0.25) is 18.8 Å². The Bertz CT molecular complexity index is 2030. The summed E-state index contributed by atoms with van der Waals surface area (Å²) in [4.78, 5) is 28.3. The van der Waals surface area contributed by atoms with Crippen LogP contribution in [-0.2, 0) is 13.5 Å². The Morgan fingerprint density at radius 1 is 1.10 bits per heavy atom. The molecule has 0 fully saturated rings. The lowest BCUT2D eigenvalue weighted by Gasteiger charge is -2.14. The highest BCUT2D eigenvalue weighted by molar-refractivity contribution is 6.03. The minimum Gasteiger partial charge on any atom is -0.381 e. The Hall–Kier alpha value is -5.76. The molecule has 6 aromatic rings. The Kier molecular flexibility index (Phi) is 7.30. The lowest BCUT2D eigenvalue weighted by atomic mass is 10.0. The van der Waals surface area contributed by atoms with Crippen LogP contribution >= 0.6 is 0 Å². The number of rotatable bonds is 3. The van der Waals surface area contributed by atoms with E-state index in [1.807, 2.05) is 44.4 Å². The number of halogens is 1. The summed E-state index contributed by atoms with van der Waals surface area (Å²) in [6.45, 7) is 1.99. The van der Waals surface area contributed by atoms with E-state index in [1.54, 1.807) is 46.0 Å². The van der Waals surface area contributed by atoms with Gasteiger partial charge in [0.2, 0.25) is 0 Å². The molecule has 4 heterocycles. The fourth-order valence-electron chi connectivity index (χ4n) is 4.42. The van der Waals surface area contributed by atoms with E-state index in [4.69, 9.17) is 11.5 Å². The van der Waals surface area contributed by atoms with Gasteiger partial charge in [0.05, 0.1) is 17.1 Å². The molecular weight excluding hydrogens is 523 g/mol. The van der Waals surface area contributed by atoms with Gasteiger partial charge in [0.1, 0.15) is 11.4 Å². The fraction of sp³-hybridized carbons (Fsp3) is 0.100. The van der Waals surface area contributed by atoms with Gasteiger partial charge in [0.25, 0.3) is 11.5 Å². The Morgan fingerprint density at radius 2 is 1.88 bits per heavy atom. The summed E-state index contributed by atoms with van der Waals surface area (Å²) in [7, 11) is 1.83. The van der Waals surface area contributed by atoms with E-state index in [0.29, 0.717) is 28.7 Å². The SMILES string of the molecule is CCc1cc2cccc(C#Cc3cnn(C)c3)c2c(=O)n1-c1ccc(F)cc1.NC(=O)c1c(N)nn2cccnc12. The van der Waals surface area contributed by atoms with E-state index >= 15 is 0 Å². The lowest BCUT2D eigenvalue weighted by molar-refractivity contribution is 0.100. The minimum atomic E-state index is -0.619. The number of aromatic nitrogens is 6. The molecule has 1 amide bonds. The van der Waals surface area contributed by atoms with Crippen molar-refractivity contribution in [2.45, 2.75) is 13.3 Å². The number of nitrogens with two attached hydrogens (primary N) is 2. The van der Waals surface area contributed by atoms with Crippen molar-refractivity contribution in [1.29, 1.82) is 0 Å². The topological polar surface area (TPSA) is 139 Å². The van der Waals surface area contributed by atoms with Crippen LogP contribution in [0.4, 0.5) is 10.2 Å². The van der Waals surface area contributed by atoms with Crippen LogP contribution in [0.25, 0.3) is 22.1 Å². The number of fused-ring (bicyclic) bond motifs is 2. The molecular formula is C30H25FN8O2. The van der Waals surface area contributed by atoms with Crippen molar-refractivity contribution in [3.8, 4) is 17.5 Å². The molecule has 0 atom stereocenters. The molecule has 0 unspecified atom stereocenters. The second-order valence-electron chi connectivity index (χ2n) is 9.04. The molecule has 0 saturated heterocycles. The summed E-state index contributed by atoms with van der Waals surface area (Å²) in [5.74, 6) is 5.32. The Morgan fingerprint density at radius 3 is 2.56 bits per heavy atom. The molecule has 0 spiro atoms. The van der Waals surface area contributed by atoms with Crippen LogP contribution < -0.4 is 17.0 Å². The number of primary amides is 1. The molecule has 0 aliphatic rings. The van der Waals surface area contributed by atoms with E-state index in [9.17, 15) is 14.0 Å². The number of anilines is 1. The largest absolute Gasteiger partial charge is 0.381 e. The smallest absolute Gasteiger partial charge is 0.264 e. The number of amides is 1. The molecule has 41 heavy (non-hydrogen) atoms. The number of pyridine rings is 1. The normalized spacial score (nSPS) is 10.6. The molecule has 204 valence electrons. The van der Waals surface area contributed by atoms with E-state index in [0.717, 1.165) is 16.6 Å². The predicted molar refractivity (Wildman–Crippen MR) is 154 cm³/mol. The summed E-state index contributed by atoms with van der Waals surface area (Å²) >= 11 is 0. The zero-order valence-electron chi connectivity index (χ0n) is 22.2. The van der Waals surface area contributed by atoms with Gasteiger partial charge >= 0.3 is 0 Å². The van der Waals surface area contributed by atoms with E-state index in [2.05, 4.69) is 27.0 Å². The number of hydrogen-bond acceptors (Lipinski definition) is 6. The van der Waals surface area contributed by atoms with Gasteiger partial charge in [0.15, 0.2) is 11.5 Å². The number of carbonyl (C=O) groups excluding carboxylic acids is 1. The van der Waals surface area contributed by atoms with Crippen molar-refractivity contribution >= 4 is 28.1 Å². The van der Waals surface area contributed by atoms with Crippen LogP contribution in [0.1, 0.15) is 34.1 Å². The van der Waals surface area contributed by atoms with Crippen LogP contribution in [-0.4, -0.2) is 34.9 Å². The van der Waals surface area contributed by atoms with Crippen molar-refractivity contribution in [1.82, 2.24) is 28.9 Å². The van der Waals surface area contributed by atoms with Crippen molar-refractivity contribution in [2.24, 2.45) is 12.8 Å². The highest BCUT2D eigenvalue weighted by atomic mass is 19.1. The Labute approximate surface area is 233 Å². The first-order valence-corrected chi connectivity index (χ1v) is 12.6. The molecule has 2 aromatic carbocycles. The molecule has 0 radical (unpaired) electrons. The maximum Gasteiger partial charge on any atom is 0.264 e. The zero-order valence-corrected chi connectivity index (χ0v) is 22.2. The van der Waals surface area contributed by atoms with Crippen molar-refractivity contribution in [2.75, 3.05) is 5.73 Å². The lowest BCUT2D eigenvalue weighted by Crippen LogP contribution is -2.22. The number of benzene rings is 2. The van der Waals surface area contributed by atoms with Crippen LogP contribution in [0.15, 0.2) is 84.2 Å². The van der Waals surface area contributed by atoms with Crippen molar-refractivity contribution in [3.05, 3.63) is 118 Å². The third kappa shape index (κ3) is 5.39.